The summed E-state index contributed by atoms with van der Waals surface area (Å²) in [5.74, 6) is 1.20. The molecule has 0 radical (unpaired) electrons. The van der Waals surface area contributed by atoms with Crippen molar-refractivity contribution in [3.63, 3.8) is 0 Å². The number of hydrogen-bond acceptors (Lipinski definition) is 6. The van der Waals surface area contributed by atoms with Crippen LogP contribution in [0, 0.1) is 0 Å². The third-order valence-corrected chi connectivity index (χ3v) is 3.88. The molecule has 0 fully saturated rings. The first-order chi connectivity index (χ1) is 12.0. The molecular weight excluding hydrogens is 318 g/mol. The van der Waals surface area contributed by atoms with Crippen molar-refractivity contribution in [1.29, 1.82) is 0 Å². The van der Waals surface area contributed by atoms with Crippen LogP contribution >= 0.6 is 0 Å². The zero-order valence-electron chi connectivity index (χ0n) is 15.2. The van der Waals surface area contributed by atoms with Crippen LogP contribution in [0.1, 0.15) is 28.9 Å². The van der Waals surface area contributed by atoms with Crippen molar-refractivity contribution in [2.45, 2.75) is 13.0 Å². The summed E-state index contributed by atoms with van der Waals surface area (Å²) in [6.45, 7) is 2.82. The SMILES string of the molecule is CCOC(=O)c1ccc(NCC(c2ccc(OC)cc2)N(C)C)nc1. The van der Waals surface area contributed by atoms with Gasteiger partial charge in [0.25, 0.3) is 0 Å². The average molecular weight is 343 g/mol. The summed E-state index contributed by atoms with van der Waals surface area (Å²) in [6.07, 6.45) is 1.53. The van der Waals surface area contributed by atoms with Gasteiger partial charge < -0.3 is 19.7 Å². The number of ether oxygens (including phenoxy) is 2. The summed E-state index contributed by atoms with van der Waals surface area (Å²) < 4.78 is 10.2. The van der Waals surface area contributed by atoms with Gasteiger partial charge in [0.15, 0.2) is 0 Å². The van der Waals surface area contributed by atoms with Crippen molar-refractivity contribution in [3.8, 4) is 5.75 Å². The van der Waals surface area contributed by atoms with Gasteiger partial charge in [-0.2, -0.15) is 0 Å². The van der Waals surface area contributed by atoms with Gasteiger partial charge >= 0.3 is 5.97 Å². The van der Waals surface area contributed by atoms with E-state index in [9.17, 15) is 4.79 Å². The van der Waals surface area contributed by atoms with Crippen LogP contribution in [0.5, 0.6) is 5.75 Å². The number of likely N-dealkylation sites (N-methyl/N-ethyl adjacent to an activating group) is 1. The topological polar surface area (TPSA) is 63.7 Å². The largest absolute Gasteiger partial charge is 0.497 e. The number of esters is 1. The average Bonchev–Trinajstić information content (AvgIpc) is 2.63. The molecule has 2 aromatic rings. The Morgan fingerprint density at radius 2 is 1.92 bits per heavy atom. The number of nitrogens with zero attached hydrogens (tertiary/aromatic N) is 2. The van der Waals surface area contributed by atoms with E-state index in [1.54, 1.807) is 26.2 Å². The highest BCUT2D eigenvalue weighted by atomic mass is 16.5. The standard InChI is InChI=1S/C19H25N3O3/c1-5-25-19(23)15-8-11-18(20-12-15)21-13-17(22(2)3)14-6-9-16(24-4)10-7-14/h6-12,17H,5,13H2,1-4H3,(H,20,21). The minimum Gasteiger partial charge on any atom is -0.497 e. The predicted molar refractivity (Wildman–Crippen MR) is 98.1 cm³/mol. The summed E-state index contributed by atoms with van der Waals surface area (Å²) in [4.78, 5) is 18.1. The number of nitrogens with one attached hydrogen (secondary N) is 1. The van der Waals surface area contributed by atoms with Gasteiger partial charge in [0.2, 0.25) is 0 Å². The molecule has 1 atom stereocenters. The molecule has 134 valence electrons. The predicted octanol–water partition coefficient (Wildman–Crippen LogP) is 2.98. The third-order valence-electron chi connectivity index (χ3n) is 3.88. The van der Waals surface area contributed by atoms with E-state index < -0.39 is 0 Å². The minimum atomic E-state index is -0.356. The van der Waals surface area contributed by atoms with Gasteiger partial charge in [0, 0.05) is 12.7 Å². The van der Waals surface area contributed by atoms with Crippen LogP contribution < -0.4 is 10.1 Å². The molecule has 1 aromatic heterocycles. The number of benzene rings is 1. The van der Waals surface area contributed by atoms with Crippen molar-refractivity contribution in [3.05, 3.63) is 53.7 Å². The van der Waals surface area contributed by atoms with E-state index in [0.29, 0.717) is 24.5 Å². The lowest BCUT2D eigenvalue weighted by Gasteiger charge is -2.25. The highest BCUT2D eigenvalue weighted by Gasteiger charge is 2.14. The number of carbonyl (C=O) groups excluding carboxylic acids is 1. The van der Waals surface area contributed by atoms with Crippen molar-refractivity contribution in [1.82, 2.24) is 9.88 Å². The second-order valence-electron chi connectivity index (χ2n) is 5.79. The van der Waals surface area contributed by atoms with Crippen molar-refractivity contribution in [2.24, 2.45) is 0 Å². The van der Waals surface area contributed by atoms with E-state index in [0.717, 1.165) is 5.75 Å². The molecule has 0 aliphatic heterocycles. The Labute approximate surface area is 148 Å². The normalized spacial score (nSPS) is 11.9. The minimum absolute atomic E-state index is 0.178. The second kappa shape index (κ2) is 9.03. The zero-order valence-corrected chi connectivity index (χ0v) is 15.2. The smallest absolute Gasteiger partial charge is 0.339 e. The number of methoxy groups -OCH3 is 1. The first-order valence-corrected chi connectivity index (χ1v) is 8.22. The maximum atomic E-state index is 11.6. The van der Waals surface area contributed by atoms with E-state index in [2.05, 4.69) is 27.3 Å². The lowest BCUT2D eigenvalue weighted by atomic mass is 10.1. The summed E-state index contributed by atoms with van der Waals surface area (Å²) in [6, 6.07) is 11.7. The van der Waals surface area contributed by atoms with E-state index in [-0.39, 0.29) is 12.0 Å². The molecule has 0 saturated heterocycles. The molecule has 25 heavy (non-hydrogen) atoms. The fourth-order valence-corrected chi connectivity index (χ4v) is 2.46. The molecule has 0 aliphatic carbocycles. The molecule has 0 spiro atoms. The van der Waals surface area contributed by atoms with Crippen LogP contribution in [-0.2, 0) is 4.74 Å². The van der Waals surface area contributed by atoms with Crippen LogP contribution in [-0.4, -0.2) is 50.2 Å². The second-order valence-corrected chi connectivity index (χ2v) is 5.79. The molecule has 2 rings (SSSR count). The van der Waals surface area contributed by atoms with E-state index in [1.165, 1.54) is 11.8 Å². The quantitative estimate of drug-likeness (QED) is 0.744. The Hall–Kier alpha value is -2.60. The summed E-state index contributed by atoms with van der Waals surface area (Å²) in [7, 11) is 5.73. The van der Waals surface area contributed by atoms with Crippen LogP contribution in [0.4, 0.5) is 5.82 Å². The van der Waals surface area contributed by atoms with E-state index in [4.69, 9.17) is 9.47 Å². The first kappa shape index (κ1) is 18.7. The van der Waals surface area contributed by atoms with Gasteiger partial charge in [-0.05, 0) is 50.8 Å². The Morgan fingerprint density at radius 3 is 2.44 bits per heavy atom. The fourth-order valence-electron chi connectivity index (χ4n) is 2.46. The van der Waals surface area contributed by atoms with Crippen LogP contribution in [0.15, 0.2) is 42.6 Å². The molecule has 0 saturated carbocycles. The van der Waals surface area contributed by atoms with Gasteiger partial charge in [0.1, 0.15) is 11.6 Å². The van der Waals surface area contributed by atoms with Gasteiger partial charge in [0.05, 0.1) is 25.3 Å². The van der Waals surface area contributed by atoms with Crippen molar-refractivity contribution < 1.29 is 14.3 Å². The molecule has 6 heteroatoms. The van der Waals surface area contributed by atoms with Crippen molar-refractivity contribution in [2.75, 3.05) is 39.7 Å². The van der Waals surface area contributed by atoms with Gasteiger partial charge in [-0.25, -0.2) is 9.78 Å². The molecule has 1 N–H and O–H groups in total. The molecule has 0 aliphatic rings. The Bertz CT molecular complexity index is 669. The maximum Gasteiger partial charge on any atom is 0.339 e. The van der Waals surface area contributed by atoms with Gasteiger partial charge in [-0.1, -0.05) is 12.1 Å². The lowest BCUT2D eigenvalue weighted by molar-refractivity contribution is 0.0526. The van der Waals surface area contributed by atoms with Crippen molar-refractivity contribution >= 4 is 11.8 Å². The zero-order chi connectivity index (χ0) is 18.2. The van der Waals surface area contributed by atoms with E-state index in [1.807, 2.05) is 26.2 Å². The maximum absolute atomic E-state index is 11.6. The Kier molecular flexibility index (Phi) is 6.77. The monoisotopic (exact) mass is 343 g/mol. The Balaban J connectivity index is 2.02. The number of rotatable bonds is 8. The molecule has 1 unspecified atom stereocenters. The summed E-state index contributed by atoms with van der Waals surface area (Å²) in [5, 5.41) is 3.32. The number of carbonyl (C=O) groups is 1. The number of aromatic nitrogens is 1. The highest BCUT2D eigenvalue weighted by molar-refractivity contribution is 5.89. The van der Waals surface area contributed by atoms with Crippen LogP contribution in [0.3, 0.4) is 0 Å². The summed E-state index contributed by atoms with van der Waals surface area (Å²) >= 11 is 0. The highest BCUT2D eigenvalue weighted by Crippen LogP contribution is 2.21. The molecule has 6 nitrogen and oxygen atoms in total. The third kappa shape index (κ3) is 5.19. The lowest BCUT2D eigenvalue weighted by Crippen LogP contribution is -2.27. The number of pyridine rings is 1. The Morgan fingerprint density at radius 1 is 1.20 bits per heavy atom. The molecular formula is C19H25N3O3. The van der Waals surface area contributed by atoms with Gasteiger partial charge in [-0.15, -0.1) is 0 Å². The van der Waals surface area contributed by atoms with E-state index >= 15 is 0 Å². The number of hydrogen-bond donors (Lipinski definition) is 1. The molecule has 0 bridgehead atoms. The van der Waals surface area contributed by atoms with Gasteiger partial charge in [-0.3, -0.25) is 0 Å². The fraction of sp³-hybridized carbons (Fsp3) is 0.368. The first-order valence-electron chi connectivity index (χ1n) is 8.22. The molecule has 0 amide bonds. The van der Waals surface area contributed by atoms with Crippen LogP contribution in [0.25, 0.3) is 0 Å². The molecule has 1 heterocycles. The van der Waals surface area contributed by atoms with Crippen LogP contribution in [0.2, 0.25) is 0 Å². The molecule has 1 aromatic carbocycles. The number of anilines is 1. The summed E-state index contributed by atoms with van der Waals surface area (Å²) in [5.41, 5.74) is 1.63.